The molecule has 28 heavy (non-hydrogen) atoms. The highest BCUT2D eigenvalue weighted by molar-refractivity contribution is 9.10. The Morgan fingerprint density at radius 2 is 1.93 bits per heavy atom. The van der Waals surface area contributed by atoms with Crippen LogP contribution in [0.25, 0.3) is 22.0 Å². The minimum absolute atomic E-state index is 0.273. The average molecular weight is 444 g/mol. The number of nitrogens with zero attached hydrogens (tertiary/aromatic N) is 1. The number of nitrogens with one attached hydrogen (secondary N) is 1. The van der Waals surface area contributed by atoms with Gasteiger partial charge in [-0.25, -0.2) is 4.98 Å². The molecule has 148 valence electrons. The van der Waals surface area contributed by atoms with Gasteiger partial charge < -0.3 is 15.5 Å². The van der Waals surface area contributed by atoms with Crippen LogP contribution in [0.3, 0.4) is 0 Å². The summed E-state index contributed by atoms with van der Waals surface area (Å²) in [5, 5.41) is 2.30. The van der Waals surface area contributed by atoms with E-state index in [4.69, 9.17) is 10.5 Å². The van der Waals surface area contributed by atoms with Crippen LogP contribution in [-0.2, 0) is 9.53 Å². The lowest BCUT2D eigenvalue weighted by Crippen LogP contribution is -2.28. The number of H-pyrrole nitrogens is 1. The van der Waals surface area contributed by atoms with Gasteiger partial charge in [-0.2, -0.15) is 0 Å². The first kappa shape index (κ1) is 20.6. The molecule has 3 rings (SSSR count). The van der Waals surface area contributed by atoms with Gasteiger partial charge in [-0.15, -0.1) is 0 Å². The Hall–Kier alpha value is -2.18. The molecule has 1 atom stereocenters. The normalized spacial score (nSPS) is 12.9. The van der Waals surface area contributed by atoms with E-state index in [9.17, 15) is 4.79 Å². The monoisotopic (exact) mass is 443 g/mol. The van der Waals surface area contributed by atoms with Crippen molar-refractivity contribution < 1.29 is 9.53 Å². The number of nitrogens with two attached hydrogens (primary N) is 1. The summed E-state index contributed by atoms with van der Waals surface area (Å²) in [4.78, 5) is 20.5. The molecule has 0 bridgehead atoms. The molecule has 0 fully saturated rings. The Bertz CT molecular complexity index is 975. The first-order valence-electron chi connectivity index (χ1n) is 9.44. The van der Waals surface area contributed by atoms with E-state index in [1.807, 2.05) is 26.8 Å². The number of hydrogen-bond donors (Lipinski definition) is 2. The number of carbonyl (C=O) groups is 1. The van der Waals surface area contributed by atoms with E-state index in [1.165, 1.54) is 0 Å². The van der Waals surface area contributed by atoms with Crippen molar-refractivity contribution >= 4 is 32.7 Å². The van der Waals surface area contributed by atoms with E-state index < -0.39 is 11.5 Å². The molecule has 0 spiro atoms. The number of rotatable bonds is 6. The predicted octanol–water partition coefficient (Wildman–Crippen LogP) is 5.16. The number of aromatic amines is 1. The van der Waals surface area contributed by atoms with E-state index in [0.717, 1.165) is 32.9 Å². The molecule has 0 saturated heterocycles. The molecule has 0 unspecified atom stereocenters. The fourth-order valence-corrected chi connectivity index (χ4v) is 3.48. The maximum absolute atomic E-state index is 12.7. The fraction of sp³-hybridized carbons (Fsp3) is 0.364. The van der Waals surface area contributed by atoms with Crippen molar-refractivity contribution in [2.24, 2.45) is 5.73 Å². The van der Waals surface area contributed by atoms with Gasteiger partial charge in [0.2, 0.25) is 0 Å². The van der Waals surface area contributed by atoms with Gasteiger partial charge in [0.25, 0.3) is 0 Å². The summed E-state index contributed by atoms with van der Waals surface area (Å²) >= 11 is 3.50. The average Bonchev–Trinajstić information content (AvgIpc) is 3.10. The van der Waals surface area contributed by atoms with Gasteiger partial charge >= 0.3 is 5.97 Å². The fourth-order valence-electron chi connectivity index (χ4n) is 3.11. The highest BCUT2D eigenvalue weighted by Crippen LogP contribution is 2.28. The Morgan fingerprint density at radius 3 is 2.64 bits per heavy atom. The summed E-state index contributed by atoms with van der Waals surface area (Å²) < 4.78 is 6.64. The molecule has 0 amide bonds. The summed E-state index contributed by atoms with van der Waals surface area (Å²) in [6.07, 6.45) is 3.10. The quantitative estimate of drug-likeness (QED) is 0.515. The zero-order valence-electron chi connectivity index (χ0n) is 16.5. The number of carbonyl (C=O) groups excluding carboxylic acids is 1. The van der Waals surface area contributed by atoms with Crippen LogP contribution >= 0.6 is 15.9 Å². The number of benzene rings is 2. The van der Waals surface area contributed by atoms with E-state index in [0.29, 0.717) is 18.8 Å². The molecule has 0 aliphatic carbocycles. The van der Waals surface area contributed by atoms with E-state index in [2.05, 4.69) is 56.2 Å². The second-order valence-corrected chi connectivity index (χ2v) is 8.82. The van der Waals surface area contributed by atoms with Crippen LogP contribution in [0.1, 0.15) is 45.4 Å². The number of esters is 1. The Labute approximate surface area is 173 Å². The van der Waals surface area contributed by atoms with Gasteiger partial charge in [-0.1, -0.05) is 34.1 Å². The van der Waals surface area contributed by atoms with Gasteiger partial charge in [0, 0.05) is 10.0 Å². The Kier molecular flexibility index (Phi) is 6.20. The van der Waals surface area contributed by atoms with Crippen molar-refractivity contribution in [2.45, 2.75) is 45.1 Å². The van der Waals surface area contributed by atoms with Crippen molar-refractivity contribution in [2.75, 3.05) is 6.54 Å². The van der Waals surface area contributed by atoms with Crippen LogP contribution in [0, 0.1) is 0 Å². The van der Waals surface area contributed by atoms with Crippen LogP contribution in [-0.4, -0.2) is 28.1 Å². The molecule has 1 aromatic heterocycles. The lowest BCUT2D eigenvalue weighted by Gasteiger charge is -2.23. The number of halogens is 1. The molecule has 3 aromatic rings. The van der Waals surface area contributed by atoms with Gasteiger partial charge in [0.05, 0.1) is 11.9 Å². The number of fused-ring (bicyclic) bond motifs is 1. The maximum Gasteiger partial charge on any atom is 0.317 e. The standard InChI is InChI=1S/C22H26BrN3O2/c1-22(2,3)28-21(27)18(5-4-10-24)20-25-13-19(26-20)16-7-6-15-12-17(23)9-8-14(15)11-16/h6-9,11-13,18H,4-5,10,24H2,1-3H3,(H,25,26)/t18-/m0/s1. The smallest absolute Gasteiger partial charge is 0.317 e. The molecular weight excluding hydrogens is 418 g/mol. The van der Waals surface area contributed by atoms with Crippen LogP contribution in [0.2, 0.25) is 0 Å². The Balaban J connectivity index is 1.89. The first-order chi connectivity index (χ1) is 13.3. The molecule has 3 N–H and O–H groups in total. The SMILES string of the molecule is CC(C)(C)OC(=O)[C@@H](CCCN)c1ncc(-c2ccc3cc(Br)ccc3c2)[nH]1. The minimum Gasteiger partial charge on any atom is -0.459 e. The zero-order valence-corrected chi connectivity index (χ0v) is 18.0. The van der Waals surface area contributed by atoms with E-state index in [-0.39, 0.29) is 5.97 Å². The predicted molar refractivity (Wildman–Crippen MR) is 116 cm³/mol. The second kappa shape index (κ2) is 8.45. The van der Waals surface area contributed by atoms with Gasteiger partial charge in [-0.3, -0.25) is 4.79 Å². The Morgan fingerprint density at radius 1 is 1.21 bits per heavy atom. The summed E-state index contributed by atoms with van der Waals surface area (Å²) in [5.74, 6) is -0.105. The lowest BCUT2D eigenvalue weighted by atomic mass is 10.0. The van der Waals surface area contributed by atoms with Crippen molar-refractivity contribution in [1.29, 1.82) is 0 Å². The number of aromatic nitrogens is 2. The lowest BCUT2D eigenvalue weighted by molar-refractivity contribution is -0.157. The van der Waals surface area contributed by atoms with Crippen molar-refractivity contribution in [3.63, 3.8) is 0 Å². The summed E-state index contributed by atoms with van der Waals surface area (Å²) in [6.45, 7) is 6.12. The van der Waals surface area contributed by atoms with Crippen molar-refractivity contribution in [3.05, 3.63) is 52.9 Å². The van der Waals surface area contributed by atoms with Crippen LogP contribution in [0.15, 0.2) is 47.1 Å². The number of ether oxygens (including phenoxy) is 1. The van der Waals surface area contributed by atoms with Crippen LogP contribution in [0.4, 0.5) is 0 Å². The molecule has 0 aliphatic heterocycles. The highest BCUT2D eigenvalue weighted by atomic mass is 79.9. The topological polar surface area (TPSA) is 81.0 Å². The number of imidazole rings is 1. The summed E-state index contributed by atoms with van der Waals surface area (Å²) in [7, 11) is 0. The van der Waals surface area contributed by atoms with Gasteiger partial charge in [-0.05, 0) is 69.1 Å². The van der Waals surface area contributed by atoms with E-state index >= 15 is 0 Å². The van der Waals surface area contributed by atoms with Gasteiger partial charge in [0.1, 0.15) is 17.3 Å². The highest BCUT2D eigenvalue weighted by Gasteiger charge is 2.28. The van der Waals surface area contributed by atoms with Crippen LogP contribution < -0.4 is 5.73 Å². The molecule has 6 heteroatoms. The summed E-state index contributed by atoms with van der Waals surface area (Å²) in [5.41, 5.74) is 7.01. The van der Waals surface area contributed by atoms with E-state index in [1.54, 1.807) is 6.20 Å². The largest absolute Gasteiger partial charge is 0.459 e. The van der Waals surface area contributed by atoms with Crippen molar-refractivity contribution in [1.82, 2.24) is 9.97 Å². The third kappa shape index (κ3) is 5.00. The number of hydrogen-bond acceptors (Lipinski definition) is 4. The molecule has 5 nitrogen and oxygen atoms in total. The molecule has 0 radical (unpaired) electrons. The van der Waals surface area contributed by atoms with Crippen LogP contribution in [0.5, 0.6) is 0 Å². The third-order valence-corrected chi connectivity index (χ3v) is 4.92. The molecule has 0 aliphatic rings. The molecular formula is C22H26BrN3O2. The third-order valence-electron chi connectivity index (χ3n) is 4.43. The molecule has 0 saturated carbocycles. The van der Waals surface area contributed by atoms with Gasteiger partial charge in [0.15, 0.2) is 0 Å². The second-order valence-electron chi connectivity index (χ2n) is 7.91. The molecule has 2 aromatic carbocycles. The molecule has 1 heterocycles. The van der Waals surface area contributed by atoms with Crippen molar-refractivity contribution in [3.8, 4) is 11.3 Å². The minimum atomic E-state index is -0.542. The maximum atomic E-state index is 12.7. The first-order valence-corrected chi connectivity index (χ1v) is 10.2. The zero-order chi connectivity index (χ0) is 20.3. The summed E-state index contributed by atoms with van der Waals surface area (Å²) in [6, 6.07) is 12.4.